The van der Waals surface area contributed by atoms with Gasteiger partial charge in [0.1, 0.15) is 22.3 Å². The number of esters is 1. The summed E-state index contributed by atoms with van der Waals surface area (Å²) in [5.74, 6) is -0.520. The number of phenolic OH excluding ortho intramolecular Hbond substituents is 1. The van der Waals surface area contributed by atoms with Gasteiger partial charge < -0.3 is 64.0 Å². The Morgan fingerprint density at radius 1 is 0.551 bits per heavy atom. The predicted molar refractivity (Wildman–Crippen MR) is 476 cm³/mol. The molecule has 0 bridgehead atoms. The number of ketones is 2. The van der Waals surface area contributed by atoms with E-state index < -0.39 is 23.0 Å². The molecule has 4 aliphatic carbocycles. The third kappa shape index (κ3) is 23.3. The summed E-state index contributed by atoms with van der Waals surface area (Å²) in [5.41, 5.74) is 1.80. The number of anilines is 2. The Labute approximate surface area is 762 Å². The quantitative estimate of drug-likeness (QED) is 0.0109. The van der Waals surface area contributed by atoms with E-state index in [1.807, 2.05) is 12.1 Å². The van der Waals surface area contributed by atoms with Gasteiger partial charge >= 0.3 is 5.97 Å². The second kappa shape index (κ2) is 43.9. The Bertz CT molecular complexity index is 5640. The first-order valence-corrected chi connectivity index (χ1v) is 43.9. The summed E-state index contributed by atoms with van der Waals surface area (Å²) in [4.78, 5) is 95.6. The fourth-order valence-electron chi connectivity index (χ4n) is 16.0. The first-order chi connectivity index (χ1) is 61.4. The highest BCUT2D eigenvalue weighted by molar-refractivity contribution is 6.41. The minimum Gasteiger partial charge on any atom is -0.619 e. The van der Waals surface area contributed by atoms with Gasteiger partial charge in [0.15, 0.2) is 69.5 Å². The van der Waals surface area contributed by atoms with E-state index in [2.05, 4.69) is 40.6 Å². The average Bonchev–Trinajstić information content (AvgIpc) is 1.56. The lowest BCUT2D eigenvalue weighted by Gasteiger charge is -2.41. The van der Waals surface area contributed by atoms with Crippen molar-refractivity contribution in [3.63, 3.8) is 0 Å². The van der Waals surface area contributed by atoms with Crippen LogP contribution in [0.4, 0.5) is 15.8 Å². The molecule has 27 nitrogen and oxygen atoms in total. The lowest BCUT2D eigenvalue weighted by Crippen LogP contribution is -2.50. The van der Waals surface area contributed by atoms with E-state index in [0.717, 1.165) is 145 Å². The summed E-state index contributed by atoms with van der Waals surface area (Å²) in [7, 11) is 4.59. The Balaban J connectivity index is 0.000000151. The minimum absolute atomic E-state index is 0.00301. The molecule has 666 valence electrons. The fourth-order valence-corrected chi connectivity index (χ4v) is 17.4. The van der Waals surface area contributed by atoms with Crippen molar-refractivity contribution < 1.29 is 86.1 Å². The molecule has 127 heavy (non-hydrogen) atoms. The number of carbonyl (C=O) groups is 6. The molecule has 5 fully saturated rings. The monoisotopic (exact) mass is 1850 g/mol. The van der Waals surface area contributed by atoms with Crippen LogP contribution in [0.1, 0.15) is 178 Å². The molecule has 5 aromatic carbocycles. The second-order valence-electron chi connectivity index (χ2n) is 31.0. The van der Waals surface area contributed by atoms with E-state index >= 15 is 0 Å². The molecule has 1 atom stereocenters. The van der Waals surface area contributed by atoms with Crippen molar-refractivity contribution in [2.45, 2.75) is 146 Å². The average molecular weight is 1850 g/mol. The number of amides is 3. The first kappa shape index (κ1) is 93.3. The van der Waals surface area contributed by atoms with Gasteiger partial charge in [0.05, 0.1) is 118 Å². The maximum absolute atomic E-state index is 14.6. The van der Waals surface area contributed by atoms with Crippen LogP contribution in [0, 0.1) is 16.9 Å². The molecule has 10 aromatic rings. The number of benzene rings is 5. The molecule has 7 heterocycles. The normalized spacial score (nSPS) is 16.6. The van der Waals surface area contributed by atoms with Crippen molar-refractivity contribution in [1.82, 2.24) is 29.7 Å². The van der Waals surface area contributed by atoms with E-state index in [1.54, 1.807) is 99.4 Å². The van der Waals surface area contributed by atoms with E-state index in [9.17, 15) is 48.7 Å². The van der Waals surface area contributed by atoms with Gasteiger partial charge in [-0.3, -0.25) is 43.7 Å². The number of phenols is 1. The SMILES string of the molecule is COc1cc(F)c(C(=O)Nc2c(Cl)cncc2Cl)cc1OC1CCCC1.COc1ccc(C(=O)Nc2c(Cl)cncc2Cl)cc1OC1CCCC1.COc1ccc(C2(Cc3ccncc3)C(=O)c3ccc(OC(=O)C4CCN(N5CCCCC5)CC4)cc3C2=O)cc1OC1CCCC1.O=C(N=c1c(Cl)cn(O)cc1Cl)c1ccc(O)c(OCCc2cccc[n+]2[O-])c1. The Kier molecular flexibility index (Phi) is 32.3. The number of fused-ring (bicyclic) bond motifs is 1. The van der Waals surface area contributed by atoms with Crippen molar-refractivity contribution in [3.05, 3.63) is 262 Å². The summed E-state index contributed by atoms with van der Waals surface area (Å²) in [6.45, 7) is 3.96. The highest BCUT2D eigenvalue weighted by atomic mass is 35.5. The van der Waals surface area contributed by atoms with Gasteiger partial charge in [-0.05, 0) is 205 Å². The molecule has 5 aromatic heterocycles. The molecule has 2 saturated heterocycles. The largest absolute Gasteiger partial charge is 0.619 e. The van der Waals surface area contributed by atoms with E-state index in [1.165, 1.54) is 81.6 Å². The molecule has 16 rings (SSSR count). The number of aromatic nitrogens is 5. The highest BCUT2D eigenvalue weighted by Crippen LogP contribution is 2.47. The number of piperidine rings is 2. The molecule has 1 unspecified atom stereocenters. The number of nitrogens with zero attached hydrogens (tertiary/aromatic N) is 8. The van der Waals surface area contributed by atoms with Crippen LogP contribution in [0.3, 0.4) is 0 Å². The van der Waals surface area contributed by atoms with Crippen LogP contribution < -0.4 is 58.6 Å². The van der Waals surface area contributed by atoms with Gasteiger partial charge in [0.2, 0.25) is 0 Å². The number of aromatic hydroxyl groups is 1. The van der Waals surface area contributed by atoms with E-state index in [4.69, 9.17) is 108 Å². The molecule has 34 heteroatoms. The number of hydrazine groups is 1. The van der Waals surface area contributed by atoms with Crippen LogP contribution in [-0.4, -0.2) is 148 Å². The van der Waals surface area contributed by atoms with E-state index in [-0.39, 0.29) is 142 Å². The maximum atomic E-state index is 14.6. The number of pyridine rings is 5. The molecular weight excluding hydrogens is 1760 g/mol. The van der Waals surface area contributed by atoms with E-state index in [0.29, 0.717) is 68.0 Å². The zero-order valence-electron chi connectivity index (χ0n) is 69.7. The molecule has 6 aliphatic rings. The van der Waals surface area contributed by atoms with Gasteiger partial charge in [0.25, 0.3) is 17.7 Å². The van der Waals surface area contributed by atoms with Crippen LogP contribution in [0.2, 0.25) is 30.1 Å². The Morgan fingerprint density at radius 3 is 1.65 bits per heavy atom. The lowest BCUT2D eigenvalue weighted by atomic mass is 9.71. The predicted octanol–water partition coefficient (Wildman–Crippen LogP) is 18.8. The molecule has 3 amide bonds. The number of carbonyl (C=O) groups excluding carboxylic acids is 6. The number of hydrogen-bond acceptors (Lipinski definition) is 22. The van der Waals surface area contributed by atoms with Crippen LogP contribution in [-0.2, 0) is 23.1 Å². The summed E-state index contributed by atoms with van der Waals surface area (Å²) in [6.07, 6.45) is 30.9. The highest BCUT2D eigenvalue weighted by Gasteiger charge is 2.55. The van der Waals surface area contributed by atoms with Gasteiger partial charge in [-0.15, -0.1) is 0 Å². The Morgan fingerprint density at radius 2 is 1.08 bits per heavy atom. The Hall–Kier alpha value is -11.3. The zero-order chi connectivity index (χ0) is 89.8. The topological polar surface area (TPSA) is 330 Å². The number of Topliss-reactive ketones (excluding diaryl/α,β-unsaturated/α-hetero) is 2. The number of methoxy groups -OCH3 is 3. The molecule has 0 spiro atoms. The lowest BCUT2D eigenvalue weighted by molar-refractivity contribution is -0.614. The van der Waals surface area contributed by atoms with Gasteiger partial charge in [-0.1, -0.05) is 88.2 Å². The standard InChI is InChI=1S/C38H43N3O6.C19H15Cl2N3O5.C18H17Cl2FN2O3.C18H18Cl2N2O3/c1-45-33-12-9-28(23-34(33)46-29-7-3-4-8-29)38(25-26-13-17-39-18-14-26)35(42)31-11-10-30(24-32(31)36(38)43)47-37(44)27-15-21-41(22-16-27)40-19-5-2-6-20-40;20-14-10-23(27)11-15(21)18(14)22-19(26)12-4-5-16(25)17(9-12)29-8-6-13-3-1-2-7-24(13)28;1-25-15-7-14(21)11(6-16(15)26-10-4-2-3-5-10)18(24)23-17-12(19)8-22-9-13(17)20;1-24-15-7-6-11(8-16(15)25-12-4-2-3-5-12)18(23)22-17-13(19)9-21-10-14(17)20/h9-14,17-18,23-24,27,29H,2-8,15-16,19-22,25H2,1H3;1-5,7,9-11,25,27H,6,8H2;6-10H,2-5H2,1H3,(H,22,23,24);6-10,12H,2-5H2,1H3,(H,21,22,23). The van der Waals surface area contributed by atoms with Crippen molar-refractivity contribution in [3.8, 4) is 51.7 Å². The summed E-state index contributed by atoms with van der Waals surface area (Å²) in [6, 6.07) is 30.4. The number of nitrogens with one attached hydrogen (secondary N) is 2. The van der Waals surface area contributed by atoms with Crippen molar-refractivity contribution in [2.24, 2.45) is 10.9 Å². The molecule has 4 N–H and O–H groups in total. The smallest absolute Gasteiger partial charge is 0.314 e. The number of ether oxygens (including phenoxy) is 8. The third-order valence-electron chi connectivity index (χ3n) is 22.7. The maximum Gasteiger partial charge on any atom is 0.314 e. The minimum atomic E-state index is -1.52. The van der Waals surface area contributed by atoms with Crippen molar-refractivity contribution in [1.29, 1.82) is 0 Å². The molecule has 2 aliphatic heterocycles. The fraction of sp³-hybridized carbons (Fsp3) is 0.344. The number of halogens is 7. The van der Waals surface area contributed by atoms with Crippen molar-refractivity contribution in [2.75, 3.05) is 64.7 Å². The summed E-state index contributed by atoms with van der Waals surface area (Å²) >= 11 is 36.0. The summed E-state index contributed by atoms with van der Waals surface area (Å²) < 4.78 is 61.6. The van der Waals surface area contributed by atoms with Crippen LogP contribution in [0.5, 0.6) is 51.7 Å². The van der Waals surface area contributed by atoms with Gasteiger partial charge in [-0.25, -0.2) is 19.4 Å². The summed E-state index contributed by atoms with van der Waals surface area (Å²) in [5, 5.41) is 41.9. The second-order valence-corrected chi connectivity index (χ2v) is 33.5. The van der Waals surface area contributed by atoms with Gasteiger partial charge in [-0.2, -0.15) is 9.46 Å². The van der Waals surface area contributed by atoms with Gasteiger partial charge in [0, 0.05) is 104 Å². The third-order valence-corrected chi connectivity index (χ3v) is 24.4. The molecular formula is C93H93Cl6FN10O17. The van der Waals surface area contributed by atoms with Crippen LogP contribution in [0.25, 0.3) is 0 Å². The molecule has 3 saturated carbocycles. The number of hydrogen-bond donors (Lipinski definition) is 4. The van der Waals surface area contributed by atoms with Crippen molar-refractivity contribution >= 4 is 116 Å². The molecule has 0 radical (unpaired) electrons. The first-order valence-electron chi connectivity index (χ1n) is 41.7. The number of rotatable bonds is 24. The van der Waals surface area contributed by atoms with Crippen LogP contribution >= 0.6 is 69.6 Å². The van der Waals surface area contributed by atoms with Crippen LogP contribution in [0.15, 0.2) is 176 Å². The zero-order valence-corrected chi connectivity index (χ0v) is 74.2.